The molecule has 0 aliphatic heterocycles. The van der Waals surface area contributed by atoms with E-state index in [1.807, 2.05) is 12.1 Å². The first-order valence-corrected chi connectivity index (χ1v) is 4.11. The SMILES string of the molecule is C/C(=N\NC=O)c1ccc(Cl)cc1. The highest BCUT2D eigenvalue weighted by Crippen LogP contribution is 2.09. The predicted molar refractivity (Wildman–Crippen MR) is 52.9 cm³/mol. The molecule has 0 saturated heterocycles. The van der Waals surface area contributed by atoms with Crippen LogP contribution in [-0.4, -0.2) is 12.1 Å². The first-order chi connectivity index (χ1) is 6.24. The van der Waals surface area contributed by atoms with Gasteiger partial charge in [-0.1, -0.05) is 23.7 Å². The van der Waals surface area contributed by atoms with Gasteiger partial charge in [-0.05, 0) is 24.6 Å². The Bertz CT molecular complexity index is 319. The first kappa shape index (κ1) is 9.74. The quantitative estimate of drug-likeness (QED) is 0.447. The Morgan fingerprint density at radius 1 is 1.46 bits per heavy atom. The first-order valence-electron chi connectivity index (χ1n) is 3.73. The van der Waals surface area contributed by atoms with Crippen molar-refractivity contribution in [3.8, 4) is 0 Å². The molecule has 0 atom stereocenters. The Hall–Kier alpha value is -1.35. The highest BCUT2D eigenvalue weighted by molar-refractivity contribution is 6.30. The van der Waals surface area contributed by atoms with Crippen molar-refractivity contribution >= 4 is 23.7 Å². The molecule has 1 aromatic rings. The molecule has 0 radical (unpaired) electrons. The van der Waals surface area contributed by atoms with Gasteiger partial charge in [-0.25, -0.2) is 5.43 Å². The number of benzene rings is 1. The third kappa shape index (κ3) is 2.87. The van der Waals surface area contributed by atoms with Crippen molar-refractivity contribution in [3.05, 3.63) is 34.9 Å². The van der Waals surface area contributed by atoms with E-state index < -0.39 is 0 Å². The fourth-order valence-electron chi connectivity index (χ4n) is 0.879. The van der Waals surface area contributed by atoms with Crippen molar-refractivity contribution in [1.82, 2.24) is 5.43 Å². The summed E-state index contributed by atoms with van der Waals surface area (Å²) in [6.45, 7) is 1.81. The number of hydrazone groups is 1. The smallest absolute Gasteiger partial charge is 0.227 e. The molecule has 0 spiro atoms. The maximum Gasteiger partial charge on any atom is 0.227 e. The van der Waals surface area contributed by atoms with Crippen LogP contribution in [0.2, 0.25) is 5.02 Å². The number of hydrogen-bond donors (Lipinski definition) is 1. The maximum atomic E-state index is 9.96. The van der Waals surface area contributed by atoms with Crippen LogP contribution in [0.15, 0.2) is 29.4 Å². The van der Waals surface area contributed by atoms with Crippen LogP contribution in [0.25, 0.3) is 0 Å². The fraction of sp³-hybridized carbons (Fsp3) is 0.111. The van der Waals surface area contributed by atoms with Crippen LogP contribution in [0, 0.1) is 0 Å². The Morgan fingerprint density at radius 2 is 2.08 bits per heavy atom. The van der Waals surface area contributed by atoms with E-state index in [1.54, 1.807) is 19.1 Å². The Balaban J connectivity index is 2.82. The largest absolute Gasteiger partial charge is 0.277 e. The predicted octanol–water partition coefficient (Wildman–Crippen LogP) is 1.81. The zero-order chi connectivity index (χ0) is 9.68. The average molecular weight is 197 g/mol. The van der Waals surface area contributed by atoms with Crippen LogP contribution in [0.3, 0.4) is 0 Å². The molecule has 1 amide bonds. The standard InChI is InChI=1S/C9H9ClN2O/c1-7(12-11-6-13)8-2-4-9(10)5-3-8/h2-6H,1H3,(H,11,13)/b12-7+. The summed E-state index contributed by atoms with van der Waals surface area (Å²) in [5, 5.41) is 4.48. The lowest BCUT2D eigenvalue weighted by Crippen LogP contribution is -2.06. The topological polar surface area (TPSA) is 41.5 Å². The van der Waals surface area contributed by atoms with Crippen LogP contribution in [0.5, 0.6) is 0 Å². The number of carbonyl (C=O) groups excluding carboxylic acids is 1. The summed E-state index contributed by atoms with van der Waals surface area (Å²) >= 11 is 5.71. The highest BCUT2D eigenvalue weighted by atomic mass is 35.5. The third-order valence-electron chi connectivity index (χ3n) is 1.55. The van der Waals surface area contributed by atoms with E-state index in [2.05, 4.69) is 10.5 Å². The molecule has 0 fully saturated rings. The number of amides is 1. The number of hydrogen-bond acceptors (Lipinski definition) is 2. The van der Waals surface area contributed by atoms with E-state index >= 15 is 0 Å². The van der Waals surface area contributed by atoms with Gasteiger partial charge in [0.2, 0.25) is 6.41 Å². The number of halogens is 1. The summed E-state index contributed by atoms with van der Waals surface area (Å²) in [4.78, 5) is 9.96. The fourth-order valence-corrected chi connectivity index (χ4v) is 1.00. The molecule has 0 aromatic heterocycles. The second kappa shape index (κ2) is 4.62. The van der Waals surface area contributed by atoms with Crippen LogP contribution in [-0.2, 0) is 4.79 Å². The lowest BCUT2D eigenvalue weighted by atomic mass is 10.1. The molecule has 1 rings (SSSR count). The van der Waals surface area contributed by atoms with Crippen molar-refractivity contribution in [2.45, 2.75) is 6.92 Å². The zero-order valence-electron chi connectivity index (χ0n) is 7.12. The van der Waals surface area contributed by atoms with E-state index in [0.717, 1.165) is 11.3 Å². The van der Waals surface area contributed by atoms with Gasteiger partial charge in [0, 0.05) is 5.02 Å². The van der Waals surface area contributed by atoms with Crippen molar-refractivity contribution in [2.24, 2.45) is 5.10 Å². The summed E-state index contributed by atoms with van der Waals surface area (Å²) in [5.74, 6) is 0. The van der Waals surface area contributed by atoms with E-state index in [-0.39, 0.29) is 0 Å². The molecule has 4 heteroatoms. The van der Waals surface area contributed by atoms with E-state index in [9.17, 15) is 4.79 Å². The van der Waals surface area contributed by atoms with E-state index in [4.69, 9.17) is 11.6 Å². The molecule has 1 N–H and O–H groups in total. The van der Waals surface area contributed by atoms with E-state index in [1.165, 1.54) is 0 Å². The molecular formula is C9H9ClN2O. The van der Waals surface area contributed by atoms with Crippen LogP contribution < -0.4 is 5.43 Å². The monoisotopic (exact) mass is 196 g/mol. The molecule has 0 aliphatic carbocycles. The highest BCUT2D eigenvalue weighted by Gasteiger charge is 1.95. The molecule has 0 aliphatic rings. The van der Waals surface area contributed by atoms with Gasteiger partial charge >= 0.3 is 0 Å². The summed E-state index contributed by atoms with van der Waals surface area (Å²) in [7, 11) is 0. The lowest BCUT2D eigenvalue weighted by molar-refractivity contribution is -0.109. The number of nitrogens with zero attached hydrogens (tertiary/aromatic N) is 1. The number of rotatable bonds is 3. The zero-order valence-corrected chi connectivity index (χ0v) is 7.88. The molecule has 0 bridgehead atoms. The second-order valence-electron chi connectivity index (χ2n) is 2.45. The van der Waals surface area contributed by atoms with Crippen molar-refractivity contribution < 1.29 is 4.79 Å². The normalized spacial score (nSPS) is 11.1. The summed E-state index contributed by atoms with van der Waals surface area (Å²) in [6.07, 6.45) is 0.527. The van der Waals surface area contributed by atoms with Crippen molar-refractivity contribution in [3.63, 3.8) is 0 Å². The van der Waals surface area contributed by atoms with Crippen LogP contribution in [0.4, 0.5) is 0 Å². The minimum absolute atomic E-state index is 0.527. The molecule has 0 unspecified atom stereocenters. The lowest BCUT2D eigenvalue weighted by Gasteiger charge is -1.99. The minimum Gasteiger partial charge on any atom is -0.277 e. The van der Waals surface area contributed by atoms with Gasteiger partial charge in [0.15, 0.2) is 0 Å². The molecular weight excluding hydrogens is 188 g/mol. The average Bonchev–Trinajstić information content (AvgIpc) is 2.15. The molecule has 0 saturated carbocycles. The summed E-state index contributed by atoms with van der Waals surface area (Å²) in [5.41, 5.74) is 3.90. The second-order valence-corrected chi connectivity index (χ2v) is 2.89. The van der Waals surface area contributed by atoms with Crippen molar-refractivity contribution in [2.75, 3.05) is 0 Å². The van der Waals surface area contributed by atoms with Gasteiger partial charge < -0.3 is 0 Å². The Labute approximate surface area is 81.4 Å². The minimum atomic E-state index is 0.527. The Morgan fingerprint density at radius 3 is 2.62 bits per heavy atom. The van der Waals surface area contributed by atoms with Gasteiger partial charge in [0.1, 0.15) is 0 Å². The van der Waals surface area contributed by atoms with Gasteiger partial charge in [0.25, 0.3) is 0 Å². The van der Waals surface area contributed by atoms with Crippen LogP contribution >= 0.6 is 11.6 Å². The van der Waals surface area contributed by atoms with E-state index in [0.29, 0.717) is 11.4 Å². The summed E-state index contributed by atoms with van der Waals surface area (Å²) in [6, 6.07) is 7.23. The van der Waals surface area contributed by atoms with Gasteiger partial charge in [-0.2, -0.15) is 5.10 Å². The summed E-state index contributed by atoms with van der Waals surface area (Å²) < 4.78 is 0. The van der Waals surface area contributed by atoms with Crippen LogP contribution in [0.1, 0.15) is 12.5 Å². The molecule has 0 heterocycles. The van der Waals surface area contributed by atoms with Gasteiger partial charge in [-0.15, -0.1) is 0 Å². The third-order valence-corrected chi connectivity index (χ3v) is 1.80. The van der Waals surface area contributed by atoms with Gasteiger partial charge in [-0.3, -0.25) is 4.79 Å². The van der Waals surface area contributed by atoms with Gasteiger partial charge in [0.05, 0.1) is 5.71 Å². The number of carbonyl (C=O) groups is 1. The molecule has 3 nitrogen and oxygen atoms in total. The Kier molecular flexibility index (Phi) is 3.46. The maximum absolute atomic E-state index is 9.96. The molecule has 68 valence electrons. The molecule has 1 aromatic carbocycles. The molecule has 13 heavy (non-hydrogen) atoms. The number of nitrogens with one attached hydrogen (secondary N) is 1. The van der Waals surface area contributed by atoms with Crippen molar-refractivity contribution in [1.29, 1.82) is 0 Å².